The lowest BCUT2D eigenvalue weighted by molar-refractivity contribution is -0.133. The maximum atomic E-state index is 10.7. The summed E-state index contributed by atoms with van der Waals surface area (Å²) in [7, 11) is 0. The minimum absolute atomic E-state index is 0.0706. The van der Waals surface area contributed by atoms with Crippen molar-refractivity contribution in [3.05, 3.63) is 23.3 Å². The molecule has 2 nitrogen and oxygen atoms in total. The summed E-state index contributed by atoms with van der Waals surface area (Å²) >= 11 is 0. The quantitative estimate of drug-likeness (QED) is 0.583. The van der Waals surface area contributed by atoms with Crippen molar-refractivity contribution in [1.29, 1.82) is 0 Å². The van der Waals surface area contributed by atoms with Crippen molar-refractivity contribution in [3.8, 4) is 0 Å². The fourth-order valence-electron chi connectivity index (χ4n) is 1.42. The number of hydrogen-bond acceptors (Lipinski definition) is 1. The Labute approximate surface area is 66.2 Å². The fraction of sp³-hybridized carbons (Fsp3) is 0.444. The van der Waals surface area contributed by atoms with E-state index in [0.717, 1.165) is 12.0 Å². The first-order valence-electron chi connectivity index (χ1n) is 3.72. The number of carboxylic acid groups (broad SMARTS) is 1. The summed E-state index contributed by atoms with van der Waals surface area (Å²) in [5.74, 6) is -0.708. The van der Waals surface area contributed by atoms with Gasteiger partial charge in [0.15, 0.2) is 0 Å². The summed E-state index contributed by atoms with van der Waals surface area (Å²) in [4.78, 5) is 10.7. The van der Waals surface area contributed by atoms with E-state index < -0.39 is 5.97 Å². The Kier molecular flexibility index (Phi) is 2.13. The molecule has 1 N–H and O–H groups in total. The molecule has 1 aliphatic rings. The molecule has 0 fully saturated rings. The van der Waals surface area contributed by atoms with Gasteiger partial charge >= 0.3 is 5.97 Å². The van der Waals surface area contributed by atoms with Crippen LogP contribution < -0.4 is 0 Å². The molecule has 0 spiro atoms. The Morgan fingerprint density at radius 3 is 2.73 bits per heavy atom. The predicted octanol–water partition coefficient (Wildman–Crippen LogP) is 1.98. The normalized spacial score (nSPS) is 24.0. The van der Waals surface area contributed by atoms with Gasteiger partial charge in [-0.25, -0.2) is 4.79 Å². The number of carboxylic acids is 1. The highest BCUT2D eigenvalue weighted by molar-refractivity contribution is 5.88. The average molecular weight is 152 g/mol. The number of hydrogen-bond donors (Lipinski definition) is 1. The van der Waals surface area contributed by atoms with E-state index in [4.69, 9.17) is 5.11 Å². The first kappa shape index (κ1) is 8.05. The van der Waals surface area contributed by atoms with E-state index in [2.05, 4.69) is 0 Å². The minimum Gasteiger partial charge on any atom is -0.478 e. The van der Waals surface area contributed by atoms with Crippen molar-refractivity contribution in [3.63, 3.8) is 0 Å². The highest BCUT2D eigenvalue weighted by Gasteiger charge is 2.18. The third-order valence-corrected chi connectivity index (χ3v) is 1.99. The SMILES string of the molecule is CC1=C(C(=O)O)C(C)C=CC1. The number of carbonyl (C=O) groups is 1. The molecule has 60 valence electrons. The maximum absolute atomic E-state index is 10.7. The maximum Gasteiger partial charge on any atom is 0.332 e. The van der Waals surface area contributed by atoms with Gasteiger partial charge in [-0.1, -0.05) is 24.6 Å². The summed E-state index contributed by atoms with van der Waals surface area (Å²) in [6, 6.07) is 0. The minimum atomic E-state index is -0.778. The van der Waals surface area contributed by atoms with Crippen LogP contribution in [0.15, 0.2) is 23.3 Å². The van der Waals surface area contributed by atoms with Crippen LogP contribution in [0.1, 0.15) is 20.3 Å². The van der Waals surface area contributed by atoms with Crippen LogP contribution in [0.3, 0.4) is 0 Å². The van der Waals surface area contributed by atoms with Crippen molar-refractivity contribution in [1.82, 2.24) is 0 Å². The molecule has 11 heavy (non-hydrogen) atoms. The predicted molar refractivity (Wildman–Crippen MR) is 43.3 cm³/mol. The van der Waals surface area contributed by atoms with Gasteiger partial charge in [0, 0.05) is 11.5 Å². The Bertz CT molecular complexity index is 236. The second-order valence-corrected chi connectivity index (χ2v) is 2.92. The highest BCUT2D eigenvalue weighted by Crippen LogP contribution is 2.24. The lowest BCUT2D eigenvalue weighted by Crippen LogP contribution is -2.12. The van der Waals surface area contributed by atoms with E-state index in [1.165, 1.54) is 0 Å². The lowest BCUT2D eigenvalue weighted by Gasteiger charge is -2.15. The smallest absolute Gasteiger partial charge is 0.332 e. The average Bonchev–Trinajstić information content (AvgIpc) is 1.85. The molecule has 0 aromatic heterocycles. The Balaban J connectivity index is 2.95. The Morgan fingerprint density at radius 2 is 2.36 bits per heavy atom. The van der Waals surface area contributed by atoms with Crippen molar-refractivity contribution >= 4 is 5.97 Å². The topological polar surface area (TPSA) is 37.3 Å². The van der Waals surface area contributed by atoms with Crippen molar-refractivity contribution < 1.29 is 9.90 Å². The summed E-state index contributed by atoms with van der Waals surface area (Å²) in [6.07, 6.45) is 4.74. The van der Waals surface area contributed by atoms with Crippen LogP contribution >= 0.6 is 0 Å². The molecule has 0 amide bonds. The second kappa shape index (κ2) is 2.91. The zero-order chi connectivity index (χ0) is 8.43. The zero-order valence-corrected chi connectivity index (χ0v) is 6.79. The van der Waals surface area contributed by atoms with E-state index >= 15 is 0 Å². The first-order chi connectivity index (χ1) is 5.13. The summed E-state index contributed by atoms with van der Waals surface area (Å²) < 4.78 is 0. The van der Waals surface area contributed by atoms with Gasteiger partial charge in [0.25, 0.3) is 0 Å². The van der Waals surface area contributed by atoms with Gasteiger partial charge in [-0.05, 0) is 13.3 Å². The molecule has 0 saturated carbocycles. The van der Waals surface area contributed by atoms with Gasteiger partial charge in [0.2, 0.25) is 0 Å². The van der Waals surface area contributed by atoms with Crippen LogP contribution in [0.4, 0.5) is 0 Å². The van der Waals surface area contributed by atoms with Crippen molar-refractivity contribution in [2.45, 2.75) is 20.3 Å². The van der Waals surface area contributed by atoms with Crippen molar-refractivity contribution in [2.75, 3.05) is 0 Å². The van der Waals surface area contributed by atoms with Crippen LogP contribution in [0.2, 0.25) is 0 Å². The zero-order valence-electron chi connectivity index (χ0n) is 6.79. The molecule has 0 aromatic rings. The van der Waals surface area contributed by atoms with E-state index in [0.29, 0.717) is 5.57 Å². The number of aliphatic carboxylic acids is 1. The van der Waals surface area contributed by atoms with Crippen LogP contribution in [0.25, 0.3) is 0 Å². The van der Waals surface area contributed by atoms with Crippen LogP contribution in [-0.4, -0.2) is 11.1 Å². The lowest BCUT2D eigenvalue weighted by atomic mass is 9.90. The largest absolute Gasteiger partial charge is 0.478 e. The summed E-state index contributed by atoms with van der Waals surface area (Å²) in [5.41, 5.74) is 1.54. The molecule has 0 aliphatic heterocycles. The molecular formula is C9H12O2. The van der Waals surface area contributed by atoms with Crippen LogP contribution in [0, 0.1) is 5.92 Å². The molecular weight excluding hydrogens is 140 g/mol. The van der Waals surface area contributed by atoms with E-state index in [-0.39, 0.29) is 5.92 Å². The fourth-order valence-corrected chi connectivity index (χ4v) is 1.42. The molecule has 0 heterocycles. The molecule has 0 radical (unpaired) electrons. The molecule has 1 atom stereocenters. The van der Waals surface area contributed by atoms with Gasteiger partial charge in [0.05, 0.1) is 0 Å². The van der Waals surface area contributed by atoms with Gasteiger partial charge in [-0.2, -0.15) is 0 Å². The van der Waals surface area contributed by atoms with E-state index in [1.807, 2.05) is 26.0 Å². The van der Waals surface area contributed by atoms with Crippen LogP contribution in [-0.2, 0) is 4.79 Å². The van der Waals surface area contributed by atoms with Gasteiger partial charge in [-0.15, -0.1) is 0 Å². The summed E-state index contributed by atoms with van der Waals surface area (Å²) in [5, 5.41) is 8.79. The van der Waals surface area contributed by atoms with Gasteiger partial charge in [-0.3, -0.25) is 0 Å². The molecule has 1 rings (SSSR count). The monoisotopic (exact) mass is 152 g/mol. The van der Waals surface area contributed by atoms with E-state index in [1.54, 1.807) is 0 Å². The van der Waals surface area contributed by atoms with Gasteiger partial charge < -0.3 is 5.11 Å². The summed E-state index contributed by atoms with van der Waals surface area (Å²) in [6.45, 7) is 3.78. The molecule has 0 aromatic carbocycles. The standard InChI is InChI=1S/C9H12O2/c1-6-4-3-5-7(2)8(6)9(10)11/h3-4,6H,5H2,1-2H3,(H,10,11). The molecule has 2 heteroatoms. The second-order valence-electron chi connectivity index (χ2n) is 2.92. The molecule has 0 bridgehead atoms. The Morgan fingerprint density at radius 1 is 1.73 bits per heavy atom. The third kappa shape index (κ3) is 1.50. The van der Waals surface area contributed by atoms with Gasteiger partial charge in [0.1, 0.15) is 0 Å². The number of rotatable bonds is 1. The van der Waals surface area contributed by atoms with Crippen LogP contribution in [0.5, 0.6) is 0 Å². The highest BCUT2D eigenvalue weighted by atomic mass is 16.4. The first-order valence-corrected chi connectivity index (χ1v) is 3.72. The van der Waals surface area contributed by atoms with Crippen molar-refractivity contribution in [2.24, 2.45) is 5.92 Å². The Hall–Kier alpha value is -1.05. The third-order valence-electron chi connectivity index (χ3n) is 1.99. The molecule has 0 saturated heterocycles. The molecule has 1 unspecified atom stereocenters. The van der Waals surface area contributed by atoms with E-state index in [9.17, 15) is 4.79 Å². The molecule has 1 aliphatic carbocycles. The number of allylic oxidation sites excluding steroid dienone is 3.